The lowest BCUT2D eigenvalue weighted by Gasteiger charge is -2.22. The second kappa shape index (κ2) is 7.38. The number of halogens is 3. The number of nitrogens with zero attached hydrogens (tertiary/aromatic N) is 2. The van der Waals surface area contributed by atoms with E-state index in [1.807, 2.05) is 0 Å². The predicted octanol–water partition coefficient (Wildman–Crippen LogP) is 2.00. The Hall–Kier alpha value is -1.52. The first-order chi connectivity index (χ1) is 11.0. The molecule has 1 atom stereocenters. The average molecular weight is 458 g/mol. The fraction of sp³-hybridized carbons (Fsp3) is 0.357. The summed E-state index contributed by atoms with van der Waals surface area (Å²) in [5.74, 6) is -2.13. The smallest absolute Gasteiger partial charge is 0.324 e. The Morgan fingerprint density at radius 1 is 1.44 bits per heavy atom. The highest BCUT2D eigenvalue weighted by molar-refractivity contribution is 9.10. The van der Waals surface area contributed by atoms with E-state index in [1.165, 1.54) is 12.4 Å². The van der Waals surface area contributed by atoms with Crippen molar-refractivity contribution in [1.29, 1.82) is 0 Å². The number of rotatable bonds is 5. The minimum atomic E-state index is -3.90. The molecule has 1 N–H and O–H groups in total. The molecule has 0 saturated heterocycles. The maximum atomic E-state index is 13.6. The van der Waals surface area contributed by atoms with E-state index in [0.717, 1.165) is 23.8 Å². The van der Waals surface area contributed by atoms with Crippen molar-refractivity contribution in [1.82, 2.24) is 9.55 Å². The summed E-state index contributed by atoms with van der Waals surface area (Å²) in [6, 6.07) is 2.38. The fourth-order valence-corrected chi connectivity index (χ4v) is 3.21. The molecule has 138 valence electrons. The maximum Gasteiger partial charge on any atom is 0.324 e. The largest absolute Gasteiger partial charge is 0.480 e. The second-order valence-corrected chi connectivity index (χ2v) is 8.88. The summed E-state index contributed by atoms with van der Waals surface area (Å²) in [7, 11) is -3.90. The highest BCUT2D eigenvalue weighted by atomic mass is 79.9. The van der Waals surface area contributed by atoms with Crippen LogP contribution in [0.5, 0.6) is 0 Å². The molecule has 0 saturated carbocycles. The van der Waals surface area contributed by atoms with Crippen LogP contribution < -0.4 is 5.56 Å². The average Bonchev–Trinajstić information content (AvgIpc) is 2.47. The van der Waals surface area contributed by atoms with Crippen LogP contribution in [0.15, 0.2) is 27.7 Å². The minimum Gasteiger partial charge on any atom is -0.480 e. The van der Waals surface area contributed by atoms with E-state index in [-0.39, 0.29) is 40.7 Å². The van der Waals surface area contributed by atoms with Gasteiger partial charge in [0.05, 0.1) is 21.7 Å². The van der Waals surface area contributed by atoms with Crippen molar-refractivity contribution in [3.63, 3.8) is 0 Å². The summed E-state index contributed by atoms with van der Waals surface area (Å²) in [4.78, 5) is 27.7. The Morgan fingerprint density at radius 2 is 2.04 bits per heavy atom. The van der Waals surface area contributed by atoms with Gasteiger partial charge in [-0.3, -0.25) is 14.2 Å². The lowest BCUT2D eigenvalue weighted by molar-refractivity contribution is -0.139. The minimum absolute atomic E-state index is 0. The first kappa shape index (κ1) is 21.5. The Kier molecular flexibility index (Phi) is 6.36. The highest BCUT2D eigenvalue weighted by Crippen LogP contribution is 2.23. The first-order valence-electron chi connectivity index (χ1n) is 6.74. The molecule has 0 aliphatic heterocycles. The second-order valence-electron chi connectivity index (χ2n) is 5.58. The van der Waals surface area contributed by atoms with Crippen LogP contribution in [0.3, 0.4) is 0 Å². The lowest BCUT2D eigenvalue weighted by atomic mass is 10.1. The van der Waals surface area contributed by atoms with Gasteiger partial charge in [-0.2, -0.15) is 0 Å². The summed E-state index contributed by atoms with van der Waals surface area (Å²) in [6.45, 7) is 0.899. The molecule has 2 aromatic rings. The van der Waals surface area contributed by atoms with E-state index >= 15 is 0 Å². The number of benzene rings is 1. The molecule has 0 aliphatic carbocycles. The van der Waals surface area contributed by atoms with Crippen molar-refractivity contribution in [2.24, 2.45) is 0 Å². The van der Waals surface area contributed by atoms with Gasteiger partial charge in [-0.1, -0.05) is 0 Å². The van der Waals surface area contributed by atoms with Crippen molar-refractivity contribution >= 4 is 55.0 Å². The van der Waals surface area contributed by atoms with Crippen LogP contribution in [0.25, 0.3) is 10.9 Å². The molecule has 1 aromatic heterocycles. The van der Waals surface area contributed by atoms with Crippen LogP contribution in [-0.2, 0) is 21.2 Å². The first-order valence-corrected chi connectivity index (χ1v) is 9.43. The normalized spacial score (nSPS) is 13.9. The Balaban J connectivity index is 0.00000312. The number of sulfone groups is 1. The van der Waals surface area contributed by atoms with Crippen molar-refractivity contribution < 1.29 is 22.7 Å². The number of aryl methyl sites for hydroxylation is 1. The van der Waals surface area contributed by atoms with Crippen LogP contribution in [0, 0.1) is 5.82 Å². The van der Waals surface area contributed by atoms with E-state index in [0.29, 0.717) is 0 Å². The number of carboxylic acid groups (broad SMARTS) is 1. The number of carboxylic acids is 1. The molecule has 1 heterocycles. The third kappa shape index (κ3) is 4.01. The van der Waals surface area contributed by atoms with E-state index in [9.17, 15) is 27.5 Å². The SMILES string of the molecule is CC(CCn1cnc2cc(Br)c(F)cc2c1=O)(C(=O)O)S(C)(=O)=O.Cl. The number of fused-ring (bicyclic) bond motifs is 1. The van der Waals surface area contributed by atoms with Crippen molar-refractivity contribution in [3.8, 4) is 0 Å². The van der Waals surface area contributed by atoms with Crippen LogP contribution >= 0.6 is 28.3 Å². The zero-order valence-corrected chi connectivity index (χ0v) is 16.4. The fourth-order valence-electron chi connectivity index (χ4n) is 2.10. The predicted molar refractivity (Wildman–Crippen MR) is 96.4 cm³/mol. The quantitative estimate of drug-likeness (QED) is 0.736. The number of hydrogen-bond donors (Lipinski definition) is 1. The molecular weight excluding hydrogens is 443 g/mol. The molecular formula is C14H15BrClFN2O5S. The summed E-state index contributed by atoms with van der Waals surface area (Å²) < 4.78 is 36.3. The van der Waals surface area contributed by atoms with Gasteiger partial charge in [0.1, 0.15) is 5.82 Å². The Morgan fingerprint density at radius 3 is 2.56 bits per heavy atom. The van der Waals surface area contributed by atoms with E-state index in [2.05, 4.69) is 20.9 Å². The summed E-state index contributed by atoms with van der Waals surface area (Å²) in [5.41, 5.74) is -0.304. The maximum absolute atomic E-state index is 13.6. The third-order valence-corrected chi connectivity index (χ3v) is 6.59. The van der Waals surface area contributed by atoms with Gasteiger partial charge in [0.25, 0.3) is 5.56 Å². The van der Waals surface area contributed by atoms with Gasteiger partial charge in [0, 0.05) is 12.8 Å². The molecule has 0 bridgehead atoms. The summed E-state index contributed by atoms with van der Waals surface area (Å²) >= 11 is 3.00. The van der Waals surface area contributed by atoms with Crippen LogP contribution in [-0.4, -0.2) is 40.0 Å². The molecule has 1 unspecified atom stereocenters. The van der Waals surface area contributed by atoms with Gasteiger partial charge in [0.2, 0.25) is 0 Å². The van der Waals surface area contributed by atoms with E-state index < -0.39 is 31.9 Å². The van der Waals surface area contributed by atoms with Crippen molar-refractivity contribution in [2.75, 3.05) is 6.26 Å². The number of carbonyl (C=O) groups is 1. The van der Waals surface area contributed by atoms with Gasteiger partial charge >= 0.3 is 5.97 Å². The van der Waals surface area contributed by atoms with E-state index in [4.69, 9.17) is 0 Å². The molecule has 0 spiro atoms. The number of aliphatic carboxylic acids is 1. The Labute approximate surface area is 157 Å². The van der Waals surface area contributed by atoms with Gasteiger partial charge < -0.3 is 5.11 Å². The van der Waals surface area contributed by atoms with Gasteiger partial charge in [0.15, 0.2) is 14.6 Å². The monoisotopic (exact) mass is 456 g/mol. The molecule has 0 aliphatic rings. The van der Waals surface area contributed by atoms with E-state index in [1.54, 1.807) is 0 Å². The summed E-state index contributed by atoms with van der Waals surface area (Å²) in [6.07, 6.45) is 1.68. The van der Waals surface area contributed by atoms with Crippen LogP contribution in [0.1, 0.15) is 13.3 Å². The molecule has 25 heavy (non-hydrogen) atoms. The molecule has 0 fully saturated rings. The highest BCUT2D eigenvalue weighted by Gasteiger charge is 2.43. The molecule has 11 heteroatoms. The molecule has 0 amide bonds. The van der Waals surface area contributed by atoms with Gasteiger partial charge in [-0.15, -0.1) is 12.4 Å². The molecule has 7 nitrogen and oxygen atoms in total. The zero-order chi connectivity index (χ0) is 18.3. The van der Waals surface area contributed by atoms with Gasteiger partial charge in [-0.25, -0.2) is 17.8 Å². The van der Waals surface area contributed by atoms with Crippen LogP contribution in [0.4, 0.5) is 4.39 Å². The standard InChI is InChI=1S/C14H14BrFN2O5S.ClH/c1-14(13(20)21,24(2,22)23)3-4-18-7-17-11-6-9(15)10(16)5-8(11)12(18)19;/h5-7H,3-4H2,1-2H3,(H,20,21);1H. The molecule has 0 radical (unpaired) electrons. The molecule has 2 rings (SSSR count). The molecule has 1 aromatic carbocycles. The Bertz CT molecular complexity index is 995. The van der Waals surface area contributed by atoms with Crippen molar-refractivity contribution in [3.05, 3.63) is 39.1 Å². The number of aromatic nitrogens is 2. The van der Waals surface area contributed by atoms with Gasteiger partial charge in [-0.05, 0) is 41.4 Å². The number of hydrogen-bond acceptors (Lipinski definition) is 5. The van der Waals surface area contributed by atoms with Crippen LogP contribution in [0.2, 0.25) is 0 Å². The lowest BCUT2D eigenvalue weighted by Crippen LogP contribution is -2.44. The van der Waals surface area contributed by atoms with Crippen molar-refractivity contribution in [2.45, 2.75) is 24.6 Å². The topological polar surface area (TPSA) is 106 Å². The third-order valence-electron chi connectivity index (χ3n) is 3.97. The zero-order valence-electron chi connectivity index (χ0n) is 13.2. The summed E-state index contributed by atoms with van der Waals surface area (Å²) in [5, 5.41) is 9.24.